The maximum atomic E-state index is 14.1. The number of carbonyl (C=O) groups excluding carboxylic acids is 3. The first-order valence-corrected chi connectivity index (χ1v) is 13.0. The molecule has 38 heavy (non-hydrogen) atoms. The zero-order valence-electron chi connectivity index (χ0n) is 20.2. The summed E-state index contributed by atoms with van der Waals surface area (Å²) in [7, 11) is 1.55. The maximum Gasteiger partial charge on any atom is 0.240 e. The summed E-state index contributed by atoms with van der Waals surface area (Å²) in [5.41, 5.74) is 2.72. The Balaban J connectivity index is 1.35. The monoisotopic (exact) mass is 572 g/mol. The number of amides is 2. The lowest BCUT2D eigenvalue weighted by molar-refractivity contribution is -0.123. The molecule has 0 bridgehead atoms. The molecule has 4 heterocycles. The predicted molar refractivity (Wildman–Crippen MR) is 141 cm³/mol. The number of methoxy groups -OCH3 is 1. The van der Waals surface area contributed by atoms with E-state index in [-0.39, 0.29) is 18.5 Å². The summed E-state index contributed by atoms with van der Waals surface area (Å²) < 4.78 is 16.8. The van der Waals surface area contributed by atoms with Crippen molar-refractivity contribution >= 4 is 45.3 Å². The minimum absolute atomic E-state index is 0.0834. The summed E-state index contributed by atoms with van der Waals surface area (Å²) in [6, 6.07) is 16.6. The number of Topliss-reactive ketones (excluding diaryl/α,β-unsaturated/α-hetero) is 1. The summed E-state index contributed by atoms with van der Waals surface area (Å²) >= 11 is 3.46. The highest BCUT2D eigenvalue weighted by molar-refractivity contribution is 9.10. The summed E-state index contributed by atoms with van der Waals surface area (Å²) in [4.78, 5) is 45.3. The molecule has 0 aromatic heterocycles. The van der Waals surface area contributed by atoms with Crippen LogP contribution in [0.25, 0.3) is 6.08 Å². The zero-order valence-corrected chi connectivity index (χ0v) is 21.8. The van der Waals surface area contributed by atoms with Crippen molar-refractivity contribution in [2.24, 2.45) is 11.8 Å². The van der Waals surface area contributed by atoms with E-state index >= 15 is 0 Å². The second kappa shape index (κ2) is 8.46. The molecule has 0 radical (unpaired) electrons. The van der Waals surface area contributed by atoms with Gasteiger partial charge in [-0.05, 0) is 63.5 Å². The van der Waals surface area contributed by atoms with E-state index in [0.717, 1.165) is 11.1 Å². The molecule has 0 spiro atoms. The molecular formula is C29H21BrN2O6. The third-order valence-electron chi connectivity index (χ3n) is 7.78. The van der Waals surface area contributed by atoms with Gasteiger partial charge >= 0.3 is 0 Å². The molecular weight excluding hydrogens is 552 g/mol. The van der Waals surface area contributed by atoms with Crippen molar-refractivity contribution < 1.29 is 28.6 Å². The van der Waals surface area contributed by atoms with Crippen molar-refractivity contribution in [2.45, 2.75) is 12.1 Å². The van der Waals surface area contributed by atoms with Crippen molar-refractivity contribution in [2.75, 3.05) is 18.8 Å². The molecule has 3 aromatic carbocycles. The van der Waals surface area contributed by atoms with Crippen LogP contribution in [0.4, 0.5) is 5.69 Å². The molecule has 2 amide bonds. The Morgan fingerprint density at radius 2 is 1.76 bits per heavy atom. The van der Waals surface area contributed by atoms with Crippen LogP contribution in [0.15, 0.2) is 71.3 Å². The first kappa shape index (κ1) is 23.0. The van der Waals surface area contributed by atoms with E-state index in [1.807, 2.05) is 41.4 Å². The quantitative estimate of drug-likeness (QED) is 0.334. The largest absolute Gasteiger partial charge is 0.496 e. The summed E-state index contributed by atoms with van der Waals surface area (Å²) in [6.07, 6.45) is 3.78. The maximum absolute atomic E-state index is 14.1. The van der Waals surface area contributed by atoms with Crippen molar-refractivity contribution in [3.8, 4) is 17.2 Å². The standard InChI is InChI=1S/C29H21BrN2O6/c1-36-20-8-6-16(12-19(20)30)27(33)26-24-23(25-18-5-3-2-4-15(18)10-11-31(25)26)28(34)32(29(24)35)17-7-9-21-22(13-17)38-14-37-21/h2-13,23-26H,14H2,1H3/t23-,24+,25+,26-/m1/s1. The number of benzene rings is 3. The smallest absolute Gasteiger partial charge is 0.240 e. The van der Waals surface area contributed by atoms with Gasteiger partial charge in [0.25, 0.3) is 0 Å². The molecule has 0 aliphatic carbocycles. The topological polar surface area (TPSA) is 85.4 Å². The molecule has 4 aliphatic heterocycles. The van der Waals surface area contributed by atoms with Gasteiger partial charge in [-0.25, -0.2) is 4.90 Å². The van der Waals surface area contributed by atoms with Crippen molar-refractivity contribution in [1.82, 2.24) is 4.90 Å². The highest BCUT2D eigenvalue weighted by Gasteiger charge is 2.64. The highest BCUT2D eigenvalue weighted by atomic mass is 79.9. The van der Waals surface area contributed by atoms with E-state index < -0.39 is 29.8 Å². The molecule has 4 aliphatic rings. The number of rotatable bonds is 4. The Hall–Kier alpha value is -4.11. The lowest BCUT2D eigenvalue weighted by atomic mass is 9.83. The number of fused-ring (bicyclic) bond motifs is 6. The third kappa shape index (κ3) is 3.18. The van der Waals surface area contributed by atoms with Gasteiger partial charge in [0.1, 0.15) is 11.8 Å². The van der Waals surface area contributed by atoms with Crippen LogP contribution in [0.3, 0.4) is 0 Å². The number of anilines is 1. The Labute approximate surface area is 226 Å². The van der Waals surface area contributed by atoms with Crippen LogP contribution in [-0.2, 0) is 9.59 Å². The Morgan fingerprint density at radius 3 is 2.58 bits per heavy atom. The average molecular weight is 573 g/mol. The minimum atomic E-state index is -0.859. The lowest BCUT2D eigenvalue weighted by Crippen LogP contribution is -2.44. The molecule has 0 unspecified atom stereocenters. The Morgan fingerprint density at radius 1 is 0.974 bits per heavy atom. The minimum Gasteiger partial charge on any atom is -0.496 e. The SMILES string of the molecule is COc1ccc(C(=O)[C@H]2[C@H]3C(=O)N(c4ccc5c(c4)OCO5)C(=O)[C@H]3[C@@H]3c4ccccc4C=CN23)cc1Br. The predicted octanol–water partition coefficient (Wildman–Crippen LogP) is 4.58. The van der Waals surface area contributed by atoms with E-state index in [0.29, 0.717) is 33.0 Å². The molecule has 2 saturated heterocycles. The average Bonchev–Trinajstić information content (AvgIpc) is 3.61. The first-order chi connectivity index (χ1) is 18.5. The summed E-state index contributed by atoms with van der Waals surface area (Å²) in [5, 5.41) is 0. The van der Waals surface area contributed by atoms with Crippen LogP contribution in [0.2, 0.25) is 0 Å². The molecule has 9 heteroatoms. The Kier molecular flexibility index (Phi) is 5.13. The fourth-order valence-electron chi connectivity index (χ4n) is 6.13. The Bertz CT molecular complexity index is 1570. The van der Waals surface area contributed by atoms with E-state index in [4.69, 9.17) is 14.2 Å². The number of nitrogens with zero attached hydrogens (tertiary/aromatic N) is 2. The number of carbonyl (C=O) groups is 3. The third-order valence-corrected chi connectivity index (χ3v) is 8.40. The van der Waals surface area contributed by atoms with Gasteiger partial charge in [0.05, 0.1) is 35.1 Å². The van der Waals surface area contributed by atoms with Gasteiger partial charge in [0.2, 0.25) is 18.6 Å². The summed E-state index contributed by atoms with van der Waals surface area (Å²) in [5.74, 6) is -0.917. The number of hydrogen-bond acceptors (Lipinski definition) is 7. The van der Waals surface area contributed by atoms with Gasteiger partial charge in [0.15, 0.2) is 17.3 Å². The van der Waals surface area contributed by atoms with E-state index in [1.165, 1.54) is 4.90 Å². The van der Waals surface area contributed by atoms with Crippen LogP contribution < -0.4 is 19.1 Å². The van der Waals surface area contributed by atoms with Crippen LogP contribution >= 0.6 is 15.9 Å². The number of ketones is 1. The van der Waals surface area contributed by atoms with Crippen LogP contribution in [-0.4, -0.2) is 42.4 Å². The van der Waals surface area contributed by atoms with Gasteiger partial charge in [0, 0.05) is 17.8 Å². The first-order valence-electron chi connectivity index (χ1n) is 12.2. The number of imide groups is 1. The van der Waals surface area contributed by atoms with Crippen molar-refractivity contribution in [3.05, 3.63) is 88.0 Å². The zero-order chi connectivity index (χ0) is 26.1. The second-order valence-corrected chi connectivity index (χ2v) is 10.5. The van der Waals surface area contributed by atoms with Crippen LogP contribution in [0, 0.1) is 11.8 Å². The molecule has 8 nitrogen and oxygen atoms in total. The molecule has 3 aromatic rings. The summed E-state index contributed by atoms with van der Waals surface area (Å²) in [6.45, 7) is 0.0834. The molecule has 2 fully saturated rings. The molecule has 7 rings (SSSR count). The highest BCUT2D eigenvalue weighted by Crippen LogP contribution is 2.54. The fraction of sp³-hybridized carbons (Fsp3) is 0.207. The van der Waals surface area contributed by atoms with Gasteiger partial charge in [-0.3, -0.25) is 14.4 Å². The van der Waals surface area contributed by atoms with Crippen molar-refractivity contribution in [3.63, 3.8) is 0 Å². The van der Waals surface area contributed by atoms with Gasteiger partial charge in [-0.15, -0.1) is 0 Å². The van der Waals surface area contributed by atoms with E-state index in [9.17, 15) is 14.4 Å². The fourth-order valence-corrected chi connectivity index (χ4v) is 6.67. The number of halogens is 1. The van der Waals surface area contributed by atoms with Crippen molar-refractivity contribution in [1.29, 1.82) is 0 Å². The normalized spacial score (nSPS) is 24.4. The molecule has 4 atom stereocenters. The van der Waals surface area contributed by atoms with Gasteiger partial charge in [-0.1, -0.05) is 24.3 Å². The molecule has 0 N–H and O–H groups in total. The lowest BCUT2D eigenvalue weighted by Gasteiger charge is -2.35. The second-order valence-electron chi connectivity index (χ2n) is 9.60. The number of ether oxygens (including phenoxy) is 3. The van der Waals surface area contributed by atoms with E-state index in [2.05, 4.69) is 15.9 Å². The van der Waals surface area contributed by atoms with Gasteiger partial charge < -0.3 is 19.1 Å². The molecule has 190 valence electrons. The van der Waals surface area contributed by atoms with Gasteiger partial charge in [-0.2, -0.15) is 0 Å². The van der Waals surface area contributed by atoms with Crippen LogP contribution in [0.1, 0.15) is 27.5 Å². The number of hydrogen-bond donors (Lipinski definition) is 0. The van der Waals surface area contributed by atoms with Crippen LogP contribution in [0.5, 0.6) is 17.2 Å². The molecule has 0 saturated carbocycles. The van der Waals surface area contributed by atoms with E-state index in [1.54, 1.807) is 43.5 Å².